The van der Waals surface area contributed by atoms with Crippen LogP contribution < -0.4 is 5.32 Å². The molecule has 106 valence electrons. The zero-order valence-corrected chi connectivity index (χ0v) is 11.1. The Balaban J connectivity index is 2.10. The van der Waals surface area contributed by atoms with E-state index >= 15 is 0 Å². The summed E-state index contributed by atoms with van der Waals surface area (Å²) in [5, 5.41) is 2.36. The molecular formula is C15H11F2N3O. The van der Waals surface area contributed by atoms with Crippen molar-refractivity contribution >= 4 is 11.6 Å². The van der Waals surface area contributed by atoms with Gasteiger partial charge in [-0.05, 0) is 23.8 Å². The summed E-state index contributed by atoms with van der Waals surface area (Å²) in [6.45, 7) is 0. The number of carbonyl (C=O) groups is 1. The van der Waals surface area contributed by atoms with Gasteiger partial charge in [-0.3, -0.25) is 4.79 Å². The fourth-order valence-corrected chi connectivity index (χ4v) is 2.16. The lowest BCUT2D eigenvalue weighted by atomic mass is 10.0. The van der Waals surface area contributed by atoms with Crippen molar-refractivity contribution in [1.82, 2.24) is 14.7 Å². The van der Waals surface area contributed by atoms with Crippen molar-refractivity contribution in [2.24, 2.45) is 0 Å². The lowest BCUT2D eigenvalue weighted by molar-refractivity contribution is 0.0959. The zero-order chi connectivity index (χ0) is 15.0. The van der Waals surface area contributed by atoms with Crippen LogP contribution in [0.15, 0.2) is 42.9 Å². The van der Waals surface area contributed by atoms with Gasteiger partial charge in [0.2, 0.25) is 0 Å². The van der Waals surface area contributed by atoms with E-state index in [9.17, 15) is 13.6 Å². The van der Waals surface area contributed by atoms with E-state index in [0.717, 1.165) is 0 Å². The lowest BCUT2D eigenvalue weighted by Crippen LogP contribution is -2.19. The fourth-order valence-electron chi connectivity index (χ4n) is 2.16. The van der Waals surface area contributed by atoms with Crippen LogP contribution in [0.1, 0.15) is 10.4 Å². The summed E-state index contributed by atoms with van der Waals surface area (Å²) < 4.78 is 29.4. The van der Waals surface area contributed by atoms with E-state index in [-0.39, 0.29) is 11.2 Å². The van der Waals surface area contributed by atoms with Gasteiger partial charge in [-0.2, -0.15) is 0 Å². The summed E-state index contributed by atoms with van der Waals surface area (Å²) in [5.41, 5.74) is 1.14. The van der Waals surface area contributed by atoms with E-state index < -0.39 is 17.5 Å². The molecule has 0 atom stereocenters. The van der Waals surface area contributed by atoms with Crippen LogP contribution in [0.5, 0.6) is 0 Å². The van der Waals surface area contributed by atoms with Crippen LogP contribution in [0.4, 0.5) is 8.78 Å². The third-order valence-corrected chi connectivity index (χ3v) is 3.22. The number of amides is 1. The maximum atomic E-state index is 14.0. The lowest BCUT2D eigenvalue weighted by Gasteiger charge is -2.07. The molecule has 0 aliphatic rings. The number of rotatable bonds is 2. The number of imidazole rings is 1. The third-order valence-electron chi connectivity index (χ3n) is 3.22. The van der Waals surface area contributed by atoms with Crippen molar-refractivity contribution in [3.63, 3.8) is 0 Å². The Morgan fingerprint density at radius 2 is 1.95 bits per heavy atom. The Labute approximate surface area is 119 Å². The maximum Gasteiger partial charge on any atom is 0.253 e. The summed E-state index contributed by atoms with van der Waals surface area (Å²) in [6, 6.07) is 5.45. The monoisotopic (exact) mass is 287 g/mol. The summed E-state index contributed by atoms with van der Waals surface area (Å²) >= 11 is 0. The molecule has 0 spiro atoms. The number of nitrogens with zero attached hydrogens (tertiary/aromatic N) is 2. The summed E-state index contributed by atoms with van der Waals surface area (Å²) in [6.07, 6.45) is 4.74. The molecule has 0 radical (unpaired) electrons. The molecule has 0 bridgehead atoms. The molecule has 0 aliphatic heterocycles. The molecule has 0 fully saturated rings. The number of hydrogen-bond acceptors (Lipinski definition) is 2. The first kappa shape index (κ1) is 13.2. The number of nitrogens with one attached hydrogen (secondary N) is 1. The topological polar surface area (TPSA) is 46.4 Å². The molecule has 1 N–H and O–H groups in total. The van der Waals surface area contributed by atoms with Crippen molar-refractivity contribution in [2.45, 2.75) is 0 Å². The predicted molar refractivity (Wildman–Crippen MR) is 73.9 cm³/mol. The molecule has 1 amide bonds. The van der Waals surface area contributed by atoms with Crippen LogP contribution in [0, 0.1) is 11.6 Å². The van der Waals surface area contributed by atoms with Crippen molar-refractivity contribution in [3.05, 3.63) is 60.1 Å². The minimum atomic E-state index is -0.655. The minimum Gasteiger partial charge on any atom is -0.355 e. The average molecular weight is 287 g/mol. The number of carbonyl (C=O) groups excluding carboxylic acids is 1. The Bertz CT molecular complexity index is 842. The average Bonchev–Trinajstić information content (AvgIpc) is 2.95. The molecule has 2 heterocycles. The highest BCUT2D eigenvalue weighted by molar-refractivity contribution is 5.94. The number of benzene rings is 1. The first-order chi connectivity index (χ1) is 10.1. The summed E-state index contributed by atoms with van der Waals surface area (Å²) in [5.74, 6) is -1.65. The standard InChI is InChI=1S/C15H11F2N3O/c1-18-15(21)11-3-2-9(6-12(11)16)10-7-13(17)14-19-4-5-20(14)8-10/h2-8H,1H3,(H,18,21). The quantitative estimate of drug-likeness (QED) is 0.787. The summed E-state index contributed by atoms with van der Waals surface area (Å²) in [4.78, 5) is 15.3. The third kappa shape index (κ3) is 2.24. The van der Waals surface area contributed by atoms with Gasteiger partial charge in [-0.25, -0.2) is 13.8 Å². The highest BCUT2D eigenvalue weighted by Crippen LogP contribution is 2.24. The fraction of sp³-hybridized carbons (Fsp3) is 0.0667. The Hall–Kier alpha value is -2.76. The first-order valence-electron chi connectivity index (χ1n) is 6.24. The molecule has 1 aromatic carbocycles. The Kier molecular flexibility index (Phi) is 3.13. The van der Waals surface area contributed by atoms with Gasteiger partial charge >= 0.3 is 0 Å². The number of pyridine rings is 1. The SMILES string of the molecule is CNC(=O)c1ccc(-c2cc(F)c3nccn3c2)cc1F. The van der Waals surface area contributed by atoms with Crippen molar-refractivity contribution in [2.75, 3.05) is 7.05 Å². The Morgan fingerprint density at radius 1 is 1.19 bits per heavy atom. The van der Waals surface area contributed by atoms with Crippen LogP contribution >= 0.6 is 0 Å². The zero-order valence-electron chi connectivity index (χ0n) is 11.1. The molecule has 0 saturated carbocycles. The van der Waals surface area contributed by atoms with Crippen molar-refractivity contribution in [1.29, 1.82) is 0 Å². The Morgan fingerprint density at radius 3 is 2.67 bits per heavy atom. The van der Waals surface area contributed by atoms with Crippen LogP contribution in [-0.4, -0.2) is 22.3 Å². The number of aromatic nitrogens is 2. The van der Waals surface area contributed by atoms with Gasteiger partial charge in [0.25, 0.3) is 5.91 Å². The molecule has 3 rings (SSSR count). The second-order valence-corrected chi connectivity index (χ2v) is 4.51. The highest BCUT2D eigenvalue weighted by atomic mass is 19.1. The smallest absolute Gasteiger partial charge is 0.253 e. The van der Waals surface area contributed by atoms with E-state index in [0.29, 0.717) is 11.1 Å². The molecule has 21 heavy (non-hydrogen) atoms. The van der Waals surface area contributed by atoms with Gasteiger partial charge in [-0.1, -0.05) is 6.07 Å². The highest BCUT2D eigenvalue weighted by Gasteiger charge is 2.12. The van der Waals surface area contributed by atoms with E-state index in [2.05, 4.69) is 10.3 Å². The second kappa shape index (κ2) is 4.97. The number of hydrogen-bond donors (Lipinski definition) is 1. The second-order valence-electron chi connectivity index (χ2n) is 4.51. The van der Waals surface area contributed by atoms with E-state index in [4.69, 9.17) is 0 Å². The van der Waals surface area contributed by atoms with Gasteiger partial charge in [0.15, 0.2) is 11.5 Å². The van der Waals surface area contributed by atoms with Gasteiger partial charge in [0.1, 0.15) is 5.82 Å². The van der Waals surface area contributed by atoms with Gasteiger partial charge < -0.3 is 9.72 Å². The van der Waals surface area contributed by atoms with E-state index in [1.54, 1.807) is 18.5 Å². The largest absolute Gasteiger partial charge is 0.355 e. The first-order valence-corrected chi connectivity index (χ1v) is 6.24. The number of fused-ring (bicyclic) bond motifs is 1. The minimum absolute atomic E-state index is 0.0505. The van der Waals surface area contributed by atoms with E-state index in [1.807, 2.05) is 0 Å². The molecule has 4 nitrogen and oxygen atoms in total. The van der Waals surface area contributed by atoms with E-state index in [1.165, 1.54) is 35.8 Å². The van der Waals surface area contributed by atoms with Gasteiger partial charge in [0.05, 0.1) is 5.56 Å². The molecule has 0 saturated heterocycles. The maximum absolute atomic E-state index is 14.0. The predicted octanol–water partition coefficient (Wildman–Crippen LogP) is 2.64. The molecule has 2 aromatic heterocycles. The van der Waals surface area contributed by atoms with Gasteiger partial charge in [0, 0.05) is 31.2 Å². The molecular weight excluding hydrogens is 276 g/mol. The molecule has 6 heteroatoms. The van der Waals surface area contributed by atoms with Gasteiger partial charge in [-0.15, -0.1) is 0 Å². The van der Waals surface area contributed by atoms with Crippen molar-refractivity contribution in [3.8, 4) is 11.1 Å². The summed E-state index contributed by atoms with van der Waals surface area (Å²) in [7, 11) is 1.43. The van der Waals surface area contributed by atoms with Crippen LogP contribution in [-0.2, 0) is 0 Å². The number of halogens is 2. The van der Waals surface area contributed by atoms with Crippen molar-refractivity contribution < 1.29 is 13.6 Å². The molecule has 0 aliphatic carbocycles. The normalized spacial score (nSPS) is 10.8. The van der Waals surface area contributed by atoms with Crippen LogP contribution in [0.3, 0.4) is 0 Å². The van der Waals surface area contributed by atoms with Crippen LogP contribution in [0.2, 0.25) is 0 Å². The molecule has 0 unspecified atom stereocenters. The molecule has 3 aromatic rings. The van der Waals surface area contributed by atoms with Crippen LogP contribution in [0.25, 0.3) is 16.8 Å².